The molecule has 0 aromatic carbocycles. The van der Waals surface area contributed by atoms with Gasteiger partial charge in [0.1, 0.15) is 0 Å². The van der Waals surface area contributed by atoms with Crippen molar-refractivity contribution in [3.8, 4) is 0 Å². The van der Waals surface area contributed by atoms with Gasteiger partial charge in [0, 0.05) is 38.3 Å². The Morgan fingerprint density at radius 2 is 1.70 bits per heavy atom. The molecule has 2 fully saturated rings. The van der Waals surface area contributed by atoms with E-state index in [4.69, 9.17) is 0 Å². The molecule has 1 heterocycles. The van der Waals surface area contributed by atoms with Crippen molar-refractivity contribution in [1.82, 2.24) is 15.1 Å². The molecule has 0 aromatic rings. The van der Waals surface area contributed by atoms with Crippen molar-refractivity contribution in [2.45, 2.75) is 50.9 Å². The molecule has 2 unspecified atom stereocenters. The summed E-state index contributed by atoms with van der Waals surface area (Å²) in [6, 6.07) is 1.03. The van der Waals surface area contributed by atoms with Gasteiger partial charge in [0.25, 0.3) is 0 Å². The monoisotopic (exact) mass is 293 g/mol. The number of likely N-dealkylation sites (N-methyl/N-ethyl adjacent to an activating group) is 1. The van der Waals surface area contributed by atoms with Gasteiger partial charge >= 0.3 is 6.18 Å². The van der Waals surface area contributed by atoms with Crippen LogP contribution in [0, 0.1) is 0 Å². The Morgan fingerprint density at radius 3 is 2.30 bits per heavy atom. The van der Waals surface area contributed by atoms with Crippen molar-refractivity contribution in [2.75, 3.05) is 39.3 Å². The van der Waals surface area contributed by atoms with Gasteiger partial charge in [-0.15, -0.1) is 0 Å². The van der Waals surface area contributed by atoms with Gasteiger partial charge in [-0.25, -0.2) is 0 Å². The van der Waals surface area contributed by atoms with Crippen LogP contribution in [0.1, 0.15) is 32.6 Å². The Balaban J connectivity index is 1.82. The SMILES string of the molecule is CCNC1CCCCC1N1CCN(CC(F)(F)F)CC1. The lowest BCUT2D eigenvalue weighted by Crippen LogP contribution is -2.58. The van der Waals surface area contributed by atoms with Crippen LogP contribution in [0.2, 0.25) is 0 Å². The first kappa shape index (κ1) is 16.0. The third-order valence-electron chi connectivity index (χ3n) is 4.47. The molecule has 20 heavy (non-hydrogen) atoms. The van der Waals surface area contributed by atoms with Gasteiger partial charge in [0.2, 0.25) is 0 Å². The van der Waals surface area contributed by atoms with E-state index in [0.717, 1.165) is 19.6 Å². The molecule has 0 spiro atoms. The zero-order valence-corrected chi connectivity index (χ0v) is 12.3. The van der Waals surface area contributed by atoms with E-state index in [1.165, 1.54) is 30.6 Å². The van der Waals surface area contributed by atoms with Gasteiger partial charge in [-0.3, -0.25) is 9.80 Å². The Bertz CT molecular complexity index is 286. The van der Waals surface area contributed by atoms with Crippen LogP contribution < -0.4 is 5.32 Å². The first-order chi connectivity index (χ1) is 9.49. The van der Waals surface area contributed by atoms with Crippen LogP contribution in [-0.2, 0) is 0 Å². The number of hydrogen-bond acceptors (Lipinski definition) is 3. The third kappa shape index (κ3) is 4.60. The summed E-state index contributed by atoms with van der Waals surface area (Å²) in [6.45, 7) is 4.93. The first-order valence-corrected chi connectivity index (χ1v) is 7.76. The topological polar surface area (TPSA) is 18.5 Å². The van der Waals surface area contributed by atoms with Crippen LogP contribution in [0.3, 0.4) is 0 Å². The van der Waals surface area contributed by atoms with Gasteiger partial charge in [-0.2, -0.15) is 13.2 Å². The highest BCUT2D eigenvalue weighted by atomic mass is 19.4. The fourth-order valence-electron chi connectivity index (χ4n) is 3.56. The van der Waals surface area contributed by atoms with Crippen molar-refractivity contribution in [3.05, 3.63) is 0 Å². The largest absolute Gasteiger partial charge is 0.401 e. The minimum absolute atomic E-state index is 0.511. The minimum atomic E-state index is -4.07. The molecule has 1 aliphatic heterocycles. The number of piperazine rings is 1. The van der Waals surface area contributed by atoms with E-state index >= 15 is 0 Å². The predicted octanol–water partition coefficient (Wildman–Crippen LogP) is 2.09. The Hall–Kier alpha value is -0.330. The molecular formula is C14H26F3N3. The minimum Gasteiger partial charge on any atom is -0.313 e. The molecule has 2 rings (SSSR count). The summed E-state index contributed by atoms with van der Waals surface area (Å²) in [5.74, 6) is 0. The summed E-state index contributed by atoms with van der Waals surface area (Å²) in [7, 11) is 0. The quantitative estimate of drug-likeness (QED) is 0.856. The van der Waals surface area contributed by atoms with E-state index in [0.29, 0.717) is 25.2 Å². The Labute approximate surface area is 119 Å². The van der Waals surface area contributed by atoms with Gasteiger partial charge in [-0.1, -0.05) is 19.8 Å². The smallest absolute Gasteiger partial charge is 0.313 e. The van der Waals surface area contributed by atoms with E-state index in [-0.39, 0.29) is 0 Å². The van der Waals surface area contributed by atoms with Gasteiger partial charge in [0.05, 0.1) is 6.54 Å². The summed E-state index contributed by atoms with van der Waals surface area (Å²) in [5.41, 5.74) is 0. The van der Waals surface area contributed by atoms with Gasteiger partial charge < -0.3 is 5.32 Å². The van der Waals surface area contributed by atoms with Crippen molar-refractivity contribution in [2.24, 2.45) is 0 Å². The molecule has 0 radical (unpaired) electrons. The first-order valence-electron chi connectivity index (χ1n) is 7.76. The number of alkyl halides is 3. The second-order valence-electron chi connectivity index (χ2n) is 5.94. The standard InChI is InChI=1S/C14H26F3N3/c1-2-18-12-5-3-4-6-13(12)20-9-7-19(8-10-20)11-14(15,16)17/h12-13,18H,2-11H2,1H3. The second-order valence-corrected chi connectivity index (χ2v) is 5.94. The van der Waals surface area contributed by atoms with Crippen LogP contribution in [-0.4, -0.2) is 67.3 Å². The number of nitrogens with zero attached hydrogens (tertiary/aromatic N) is 2. The van der Waals surface area contributed by atoms with Crippen molar-refractivity contribution < 1.29 is 13.2 Å². The highest BCUT2D eigenvalue weighted by Gasteiger charge is 2.35. The molecule has 1 aliphatic carbocycles. The third-order valence-corrected chi connectivity index (χ3v) is 4.47. The van der Waals surface area contributed by atoms with Crippen LogP contribution in [0.5, 0.6) is 0 Å². The normalized spacial score (nSPS) is 30.6. The molecule has 0 amide bonds. The molecule has 1 N–H and O–H groups in total. The molecule has 0 aromatic heterocycles. The fraction of sp³-hybridized carbons (Fsp3) is 1.00. The van der Waals surface area contributed by atoms with E-state index < -0.39 is 12.7 Å². The van der Waals surface area contributed by atoms with E-state index in [1.807, 2.05) is 0 Å². The van der Waals surface area contributed by atoms with Gasteiger partial charge in [-0.05, 0) is 19.4 Å². The summed E-state index contributed by atoms with van der Waals surface area (Å²) in [6.07, 6.45) is 0.815. The lowest BCUT2D eigenvalue weighted by Gasteiger charge is -2.44. The summed E-state index contributed by atoms with van der Waals surface area (Å²) in [5, 5.41) is 3.55. The number of halogens is 3. The maximum atomic E-state index is 12.4. The average Bonchev–Trinajstić information content (AvgIpc) is 2.39. The molecule has 1 saturated carbocycles. The summed E-state index contributed by atoms with van der Waals surface area (Å²) < 4.78 is 37.2. The Morgan fingerprint density at radius 1 is 1.05 bits per heavy atom. The zero-order valence-electron chi connectivity index (χ0n) is 12.3. The van der Waals surface area contributed by atoms with Crippen LogP contribution in [0.25, 0.3) is 0 Å². The molecule has 2 atom stereocenters. The van der Waals surface area contributed by atoms with E-state index in [1.54, 1.807) is 0 Å². The molecule has 6 heteroatoms. The maximum Gasteiger partial charge on any atom is 0.401 e. The van der Waals surface area contributed by atoms with Crippen LogP contribution in [0.4, 0.5) is 13.2 Å². The lowest BCUT2D eigenvalue weighted by atomic mass is 9.88. The average molecular weight is 293 g/mol. The number of hydrogen-bond donors (Lipinski definition) is 1. The van der Waals surface area contributed by atoms with Crippen molar-refractivity contribution in [3.63, 3.8) is 0 Å². The van der Waals surface area contributed by atoms with E-state index in [2.05, 4.69) is 17.1 Å². The molecular weight excluding hydrogens is 267 g/mol. The summed E-state index contributed by atoms with van der Waals surface area (Å²) >= 11 is 0. The molecule has 0 bridgehead atoms. The predicted molar refractivity (Wildman–Crippen MR) is 73.8 cm³/mol. The zero-order chi connectivity index (χ0) is 14.6. The van der Waals surface area contributed by atoms with Crippen LogP contribution >= 0.6 is 0 Å². The fourth-order valence-corrected chi connectivity index (χ4v) is 3.56. The number of rotatable bonds is 4. The highest BCUT2D eigenvalue weighted by Crippen LogP contribution is 2.25. The number of nitrogens with one attached hydrogen (secondary N) is 1. The maximum absolute atomic E-state index is 12.4. The molecule has 2 aliphatic rings. The van der Waals surface area contributed by atoms with Gasteiger partial charge in [0.15, 0.2) is 0 Å². The van der Waals surface area contributed by atoms with E-state index in [9.17, 15) is 13.2 Å². The Kier molecular flexibility index (Phi) is 5.69. The van der Waals surface area contributed by atoms with Crippen LogP contribution in [0.15, 0.2) is 0 Å². The highest BCUT2D eigenvalue weighted by molar-refractivity contribution is 4.90. The lowest BCUT2D eigenvalue weighted by molar-refractivity contribution is -0.150. The molecule has 118 valence electrons. The van der Waals surface area contributed by atoms with Crippen molar-refractivity contribution in [1.29, 1.82) is 0 Å². The molecule has 3 nitrogen and oxygen atoms in total. The molecule has 1 saturated heterocycles. The summed E-state index contributed by atoms with van der Waals surface area (Å²) in [4.78, 5) is 3.93. The van der Waals surface area contributed by atoms with Crippen molar-refractivity contribution >= 4 is 0 Å². The second kappa shape index (κ2) is 7.09.